The van der Waals surface area contributed by atoms with Gasteiger partial charge in [-0.05, 0) is 63.2 Å². The zero-order valence-electron chi connectivity index (χ0n) is 49.5. The first-order chi connectivity index (χ1) is 36.1. The molecule has 322 valence electrons. The van der Waals surface area contributed by atoms with Crippen molar-refractivity contribution in [1.29, 1.82) is 0 Å². The standard InChI is InChI=1S/C57H47F2N4.Pt/c1-55(2,3)40-30-31-60-53(36-40)63-49-25-14-13-22-47(49)48-29-28-41(35-52(48)63)57(58,59)43-32-42(56(4,5)6)33-44(34-43)61-37-62(51-27-16-15-26-50(51)61)54-45(38-18-9-7-10-19-38)23-17-24-46(54)39-20-11-8-12-21-39;/h7-33,36-37H,1-6H3;/q-3;/i7D,8D,9D,10D,11D,12D,13D,14D,18D,19D,20D,21D,22D,25D;. The number of nitrogens with zero attached hydrogens (tertiary/aromatic N) is 4. The Hall–Kier alpha value is -6.36. The summed E-state index contributed by atoms with van der Waals surface area (Å²) in [5.74, 6) is -3.62. The fraction of sp³-hybridized carbons (Fsp3) is 0.158. The van der Waals surface area contributed by atoms with E-state index in [1.165, 1.54) is 47.6 Å². The Kier molecular flexibility index (Phi) is 7.44. The average molecular weight is 1040 g/mol. The van der Waals surface area contributed by atoms with Gasteiger partial charge in [0.2, 0.25) is 0 Å². The van der Waals surface area contributed by atoms with Crippen LogP contribution >= 0.6 is 0 Å². The molecule has 0 aliphatic carbocycles. The van der Waals surface area contributed by atoms with Crippen LogP contribution < -0.4 is 9.80 Å². The van der Waals surface area contributed by atoms with Crippen LogP contribution in [0.2, 0.25) is 0 Å². The van der Waals surface area contributed by atoms with Crippen LogP contribution in [0.25, 0.3) is 49.9 Å². The second kappa shape index (κ2) is 16.3. The molecule has 10 rings (SSSR count). The van der Waals surface area contributed by atoms with Crippen molar-refractivity contribution in [2.45, 2.75) is 58.3 Å². The van der Waals surface area contributed by atoms with Crippen LogP contribution in [0.15, 0.2) is 170 Å². The van der Waals surface area contributed by atoms with Gasteiger partial charge in [0.05, 0.1) is 19.2 Å². The SMILES string of the molecule is [2H]c1c([2H])c([2H])c(-c2cccc(-c3c([2H])c([2H])c([2H])c([2H])c3[2H])c2N2[CH-]N(c3[c-]c(C(F)(F)c4[c-]c5c(cc4)c4c([2H])c([2H])c([2H])c([2H])c4n5-c4cc(C(C)(C)C)ccn4)cc(C(C)(C)C)c3)c3ccccc32)c([2H])c1[2H].[Pt]. The fourth-order valence-corrected chi connectivity index (χ4v) is 7.95. The fourth-order valence-electron chi connectivity index (χ4n) is 7.95. The van der Waals surface area contributed by atoms with Gasteiger partial charge in [-0.3, -0.25) is 0 Å². The molecular formula is C57H47F2N4Pt-3. The maximum absolute atomic E-state index is 18.0. The molecule has 0 fully saturated rings. The first-order valence-corrected chi connectivity index (χ1v) is 20.3. The molecule has 0 radical (unpaired) electrons. The normalized spacial score (nSPS) is 16.1. The molecule has 0 unspecified atom stereocenters. The molecule has 1 aliphatic heterocycles. The third-order valence-corrected chi connectivity index (χ3v) is 11.3. The molecule has 7 heteroatoms. The smallest absolute Gasteiger partial charge is 0.254 e. The number of alkyl halides is 2. The average Bonchev–Trinajstić information content (AvgIpc) is 4.14. The van der Waals surface area contributed by atoms with Crippen LogP contribution in [0, 0.1) is 18.8 Å². The monoisotopic (exact) mass is 1030 g/mol. The molecule has 2 aromatic heterocycles. The Morgan fingerprint density at radius 3 is 1.84 bits per heavy atom. The van der Waals surface area contributed by atoms with E-state index in [4.69, 9.17) is 19.2 Å². The molecule has 0 saturated carbocycles. The predicted molar refractivity (Wildman–Crippen MR) is 255 cm³/mol. The zero-order valence-corrected chi connectivity index (χ0v) is 37.8. The summed E-state index contributed by atoms with van der Waals surface area (Å²) in [6.45, 7) is 13.1. The second-order valence-electron chi connectivity index (χ2n) is 17.4. The van der Waals surface area contributed by atoms with Crippen molar-refractivity contribution in [3.8, 4) is 28.1 Å². The number of fused-ring (bicyclic) bond motifs is 4. The number of pyridine rings is 1. The van der Waals surface area contributed by atoms with E-state index >= 15 is 8.78 Å². The Labute approximate surface area is 408 Å². The summed E-state index contributed by atoms with van der Waals surface area (Å²) in [5.41, 5.74) is -0.361. The number of aromatic nitrogens is 2. The van der Waals surface area contributed by atoms with Gasteiger partial charge in [0.15, 0.2) is 0 Å². The summed E-state index contributed by atoms with van der Waals surface area (Å²) in [5, 5.41) is 0.359. The Bertz CT molecular complexity index is 3860. The van der Waals surface area contributed by atoms with Crippen molar-refractivity contribution >= 4 is 44.6 Å². The summed E-state index contributed by atoms with van der Waals surface area (Å²) in [7, 11) is 0. The second-order valence-corrected chi connectivity index (χ2v) is 17.4. The Morgan fingerprint density at radius 1 is 0.594 bits per heavy atom. The Balaban J connectivity index is 0.00000740. The van der Waals surface area contributed by atoms with Gasteiger partial charge in [0.1, 0.15) is 5.82 Å². The molecule has 9 aromatic rings. The van der Waals surface area contributed by atoms with Gasteiger partial charge in [0, 0.05) is 61.0 Å². The quantitative estimate of drug-likeness (QED) is 0.149. The minimum atomic E-state index is -3.86. The molecule has 64 heavy (non-hydrogen) atoms. The molecule has 0 amide bonds. The van der Waals surface area contributed by atoms with Gasteiger partial charge in [-0.25, -0.2) is 13.8 Å². The Morgan fingerprint density at radius 2 is 1.20 bits per heavy atom. The molecule has 0 bridgehead atoms. The van der Waals surface area contributed by atoms with Crippen LogP contribution in [-0.2, 0) is 37.8 Å². The number of rotatable bonds is 7. The van der Waals surface area contributed by atoms with E-state index < -0.39 is 95.0 Å². The predicted octanol–water partition coefficient (Wildman–Crippen LogP) is 15.3. The molecule has 1 aliphatic rings. The van der Waals surface area contributed by atoms with Gasteiger partial charge in [-0.15, -0.1) is 29.9 Å². The number of para-hydroxylation sites is 4. The van der Waals surface area contributed by atoms with Crippen LogP contribution in [-0.4, -0.2) is 9.55 Å². The van der Waals surface area contributed by atoms with E-state index in [-0.39, 0.29) is 99.8 Å². The first kappa shape index (κ1) is 29.2. The van der Waals surface area contributed by atoms with Crippen molar-refractivity contribution in [3.63, 3.8) is 0 Å². The van der Waals surface area contributed by atoms with Crippen molar-refractivity contribution in [3.05, 3.63) is 211 Å². The largest absolute Gasteiger partial charge is 0.493 e. The van der Waals surface area contributed by atoms with Crippen molar-refractivity contribution in [2.24, 2.45) is 0 Å². The van der Waals surface area contributed by atoms with E-state index in [9.17, 15) is 0 Å². The van der Waals surface area contributed by atoms with E-state index in [1.54, 1.807) is 52.4 Å². The van der Waals surface area contributed by atoms with Gasteiger partial charge in [0.25, 0.3) is 5.92 Å². The third-order valence-electron chi connectivity index (χ3n) is 11.3. The summed E-state index contributed by atoms with van der Waals surface area (Å²) in [4.78, 5) is 7.76. The topological polar surface area (TPSA) is 24.3 Å². The minimum absolute atomic E-state index is 0. The van der Waals surface area contributed by atoms with Crippen molar-refractivity contribution in [1.82, 2.24) is 9.55 Å². The van der Waals surface area contributed by atoms with E-state index in [0.29, 0.717) is 16.9 Å². The number of anilines is 4. The van der Waals surface area contributed by atoms with Gasteiger partial charge in [-0.2, -0.15) is 29.8 Å². The van der Waals surface area contributed by atoms with Gasteiger partial charge >= 0.3 is 0 Å². The number of hydrogen-bond donors (Lipinski definition) is 0. The molecule has 0 saturated heterocycles. The maximum atomic E-state index is 18.0. The number of hydrogen-bond acceptors (Lipinski definition) is 3. The summed E-state index contributed by atoms with van der Waals surface area (Å²) in [6, 6.07) is 18.7. The number of benzene rings is 7. The zero-order chi connectivity index (χ0) is 55.9. The molecule has 0 spiro atoms. The molecular weight excluding hydrogens is 974 g/mol. The summed E-state index contributed by atoms with van der Waals surface area (Å²) >= 11 is 0. The van der Waals surface area contributed by atoms with Crippen LogP contribution in [0.4, 0.5) is 31.5 Å². The number of halogens is 2. The van der Waals surface area contributed by atoms with Crippen LogP contribution in [0.3, 0.4) is 0 Å². The summed E-state index contributed by atoms with van der Waals surface area (Å²) < 4.78 is 160. The van der Waals surface area contributed by atoms with Crippen molar-refractivity contribution < 1.29 is 49.0 Å². The maximum Gasteiger partial charge on any atom is 0.254 e. The first-order valence-electron chi connectivity index (χ1n) is 27.3. The van der Waals surface area contributed by atoms with E-state index in [0.717, 1.165) is 5.56 Å². The van der Waals surface area contributed by atoms with Crippen LogP contribution in [0.1, 0.15) is 83.0 Å². The van der Waals surface area contributed by atoms with E-state index in [2.05, 4.69) is 17.1 Å². The molecule has 3 heterocycles. The molecule has 4 nitrogen and oxygen atoms in total. The van der Waals surface area contributed by atoms with Crippen molar-refractivity contribution in [2.75, 3.05) is 9.80 Å². The minimum Gasteiger partial charge on any atom is -0.493 e. The molecule has 0 N–H and O–H groups in total. The van der Waals surface area contributed by atoms with Gasteiger partial charge < -0.3 is 14.4 Å². The van der Waals surface area contributed by atoms with Gasteiger partial charge in [-0.1, -0.05) is 167 Å². The molecule has 7 aromatic carbocycles. The third kappa shape index (κ3) is 7.52. The summed E-state index contributed by atoms with van der Waals surface area (Å²) in [6.07, 6.45) is 1.56. The van der Waals surface area contributed by atoms with E-state index in [1.807, 2.05) is 47.6 Å². The molecule has 0 atom stereocenters. The van der Waals surface area contributed by atoms with Crippen LogP contribution in [0.5, 0.6) is 0 Å².